The van der Waals surface area contributed by atoms with Gasteiger partial charge < -0.3 is 5.11 Å². The fourth-order valence-corrected chi connectivity index (χ4v) is 2.26. The van der Waals surface area contributed by atoms with Gasteiger partial charge in [-0.1, -0.05) is 12.1 Å². The smallest absolute Gasteiger partial charge is 0.339 e. The summed E-state index contributed by atoms with van der Waals surface area (Å²) in [5.41, 5.74) is 1.59. The number of carboxylic acids is 1. The highest BCUT2D eigenvalue weighted by atomic mass is 16.4. The van der Waals surface area contributed by atoms with Gasteiger partial charge >= 0.3 is 5.97 Å². The molecule has 2 heterocycles. The van der Waals surface area contributed by atoms with Crippen molar-refractivity contribution in [1.82, 2.24) is 19.3 Å². The number of aromatic carboxylic acids is 1. The second-order valence-corrected chi connectivity index (χ2v) is 4.60. The van der Waals surface area contributed by atoms with Crippen LogP contribution in [0.1, 0.15) is 16.1 Å². The molecule has 3 rings (SSSR count). The molecule has 21 heavy (non-hydrogen) atoms. The monoisotopic (exact) mass is 284 g/mol. The minimum atomic E-state index is -1.07. The summed E-state index contributed by atoms with van der Waals surface area (Å²) in [6.45, 7) is 0.125. The number of rotatable bonds is 3. The minimum absolute atomic E-state index is 0.0882. The third-order valence-corrected chi connectivity index (χ3v) is 3.35. The molecular formula is C14H12N4O3. The van der Waals surface area contributed by atoms with Crippen LogP contribution in [0.3, 0.4) is 0 Å². The zero-order chi connectivity index (χ0) is 15.0. The third-order valence-electron chi connectivity index (χ3n) is 3.35. The molecule has 0 saturated heterocycles. The van der Waals surface area contributed by atoms with Crippen molar-refractivity contribution in [3.63, 3.8) is 0 Å². The Labute approximate surface area is 119 Å². The van der Waals surface area contributed by atoms with Crippen molar-refractivity contribution in [3.8, 4) is 0 Å². The van der Waals surface area contributed by atoms with Crippen molar-refractivity contribution in [2.45, 2.75) is 6.54 Å². The van der Waals surface area contributed by atoms with Gasteiger partial charge in [0.15, 0.2) is 0 Å². The highest BCUT2D eigenvalue weighted by molar-refractivity contribution is 5.88. The summed E-state index contributed by atoms with van der Waals surface area (Å²) >= 11 is 0. The van der Waals surface area contributed by atoms with E-state index in [1.165, 1.54) is 21.6 Å². The van der Waals surface area contributed by atoms with Gasteiger partial charge in [0.2, 0.25) is 0 Å². The van der Waals surface area contributed by atoms with Gasteiger partial charge in [-0.2, -0.15) is 5.10 Å². The van der Waals surface area contributed by atoms with Crippen molar-refractivity contribution < 1.29 is 9.90 Å². The fourth-order valence-electron chi connectivity index (χ4n) is 2.26. The first kappa shape index (κ1) is 13.0. The molecule has 0 aliphatic carbocycles. The third kappa shape index (κ3) is 2.18. The molecule has 0 unspecified atom stereocenters. The van der Waals surface area contributed by atoms with Gasteiger partial charge in [0.1, 0.15) is 5.56 Å². The summed E-state index contributed by atoms with van der Waals surface area (Å²) in [6.07, 6.45) is 2.52. The molecule has 0 fully saturated rings. The molecule has 7 nitrogen and oxygen atoms in total. The minimum Gasteiger partial charge on any atom is -0.478 e. The van der Waals surface area contributed by atoms with Crippen LogP contribution in [-0.2, 0) is 13.6 Å². The van der Waals surface area contributed by atoms with Gasteiger partial charge in [0.05, 0.1) is 35.7 Å². The van der Waals surface area contributed by atoms with E-state index in [2.05, 4.69) is 10.1 Å². The number of hydrogen-bond donors (Lipinski definition) is 1. The quantitative estimate of drug-likeness (QED) is 0.771. The van der Waals surface area contributed by atoms with E-state index in [4.69, 9.17) is 0 Å². The van der Waals surface area contributed by atoms with Gasteiger partial charge in [-0.25, -0.2) is 9.78 Å². The second kappa shape index (κ2) is 4.86. The summed E-state index contributed by atoms with van der Waals surface area (Å²) in [5, 5.41) is 13.1. The molecule has 0 saturated carbocycles. The topological polar surface area (TPSA) is 90.0 Å². The largest absolute Gasteiger partial charge is 0.478 e. The number of nitrogens with zero attached hydrogens (tertiary/aromatic N) is 4. The zero-order valence-electron chi connectivity index (χ0n) is 11.2. The predicted octanol–water partition coefficient (Wildman–Crippen LogP) is 0.876. The van der Waals surface area contributed by atoms with E-state index in [0.717, 1.165) is 0 Å². The number of carboxylic acid groups (broad SMARTS) is 1. The SMILES string of the molecule is Cn1ncc(C(=O)O)c1Cn1c(=O)cnc2ccccc21. The molecule has 0 radical (unpaired) electrons. The first-order chi connectivity index (χ1) is 10.1. The van der Waals surface area contributed by atoms with Crippen molar-refractivity contribution >= 4 is 17.0 Å². The summed E-state index contributed by atoms with van der Waals surface area (Å²) in [4.78, 5) is 27.4. The van der Waals surface area contributed by atoms with E-state index < -0.39 is 5.97 Å². The number of fused-ring (bicyclic) bond motifs is 1. The molecule has 2 aromatic heterocycles. The lowest BCUT2D eigenvalue weighted by Crippen LogP contribution is -2.23. The average molecular weight is 284 g/mol. The van der Waals surface area contributed by atoms with Crippen LogP contribution in [0.25, 0.3) is 11.0 Å². The lowest BCUT2D eigenvalue weighted by molar-refractivity contribution is 0.0695. The molecule has 7 heteroatoms. The Kier molecular flexibility index (Phi) is 3.02. The Morgan fingerprint density at radius 2 is 2.05 bits per heavy atom. The van der Waals surface area contributed by atoms with Crippen LogP contribution < -0.4 is 5.56 Å². The molecular weight excluding hydrogens is 272 g/mol. The highest BCUT2D eigenvalue weighted by Crippen LogP contribution is 2.13. The number of para-hydroxylation sites is 2. The van der Waals surface area contributed by atoms with E-state index in [-0.39, 0.29) is 17.7 Å². The first-order valence-electron chi connectivity index (χ1n) is 6.26. The lowest BCUT2D eigenvalue weighted by Gasteiger charge is -2.10. The number of hydrogen-bond acceptors (Lipinski definition) is 4. The first-order valence-corrected chi connectivity index (χ1v) is 6.26. The normalized spacial score (nSPS) is 10.9. The molecule has 0 spiro atoms. The molecule has 1 aromatic carbocycles. The Hall–Kier alpha value is -2.96. The van der Waals surface area contributed by atoms with Gasteiger partial charge in [0, 0.05) is 7.05 Å². The van der Waals surface area contributed by atoms with Crippen molar-refractivity contribution in [3.05, 3.63) is 58.3 Å². The van der Waals surface area contributed by atoms with Crippen molar-refractivity contribution in [2.75, 3.05) is 0 Å². The fraction of sp³-hybridized carbons (Fsp3) is 0.143. The number of aryl methyl sites for hydroxylation is 1. The summed E-state index contributed by atoms with van der Waals surface area (Å²) in [6, 6.07) is 7.21. The predicted molar refractivity (Wildman–Crippen MR) is 75.3 cm³/mol. The summed E-state index contributed by atoms with van der Waals surface area (Å²) in [7, 11) is 1.65. The average Bonchev–Trinajstić information content (AvgIpc) is 2.83. The van der Waals surface area contributed by atoms with E-state index in [1.807, 2.05) is 6.07 Å². The van der Waals surface area contributed by atoms with Crippen LogP contribution in [0.2, 0.25) is 0 Å². The molecule has 0 atom stereocenters. The maximum atomic E-state index is 12.1. The Balaban J connectivity index is 2.19. The van der Waals surface area contributed by atoms with Crippen LogP contribution >= 0.6 is 0 Å². The Morgan fingerprint density at radius 3 is 2.81 bits per heavy atom. The van der Waals surface area contributed by atoms with Crippen LogP contribution in [0, 0.1) is 0 Å². The van der Waals surface area contributed by atoms with Gasteiger partial charge in [-0.3, -0.25) is 14.0 Å². The van der Waals surface area contributed by atoms with Crippen molar-refractivity contribution in [1.29, 1.82) is 0 Å². The molecule has 0 aliphatic rings. The van der Waals surface area contributed by atoms with E-state index in [1.54, 1.807) is 25.2 Å². The van der Waals surface area contributed by atoms with Crippen LogP contribution in [0.5, 0.6) is 0 Å². The molecule has 3 aromatic rings. The lowest BCUT2D eigenvalue weighted by atomic mass is 10.2. The number of carbonyl (C=O) groups is 1. The second-order valence-electron chi connectivity index (χ2n) is 4.60. The summed E-state index contributed by atoms with van der Waals surface area (Å²) < 4.78 is 2.96. The molecule has 1 N–H and O–H groups in total. The van der Waals surface area contributed by atoms with Gasteiger partial charge in [-0.05, 0) is 12.1 Å². The number of benzene rings is 1. The van der Waals surface area contributed by atoms with Crippen LogP contribution in [-0.4, -0.2) is 30.4 Å². The Morgan fingerprint density at radius 1 is 1.29 bits per heavy atom. The van der Waals surface area contributed by atoms with Gasteiger partial charge in [0.25, 0.3) is 5.56 Å². The standard InChI is InChI=1S/C14H12N4O3/c1-17-12(9(6-16-17)14(20)21)8-18-11-5-3-2-4-10(11)15-7-13(18)19/h2-7H,8H2,1H3,(H,20,21). The van der Waals surface area contributed by atoms with E-state index in [9.17, 15) is 14.7 Å². The maximum Gasteiger partial charge on any atom is 0.339 e. The van der Waals surface area contributed by atoms with E-state index in [0.29, 0.717) is 16.7 Å². The highest BCUT2D eigenvalue weighted by Gasteiger charge is 2.16. The Bertz CT molecular complexity index is 895. The van der Waals surface area contributed by atoms with E-state index >= 15 is 0 Å². The zero-order valence-corrected chi connectivity index (χ0v) is 11.2. The van der Waals surface area contributed by atoms with Crippen LogP contribution in [0.4, 0.5) is 0 Å². The molecule has 0 amide bonds. The summed E-state index contributed by atoms with van der Waals surface area (Å²) in [5.74, 6) is -1.07. The van der Waals surface area contributed by atoms with Gasteiger partial charge in [-0.15, -0.1) is 0 Å². The van der Waals surface area contributed by atoms with Crippen molar-refractivity contribution in [2.24, 2.45) is 7.05 Å². The molecule has 0 bridgehead atoms. The molecule has 106 valence electrons. The number of aromatic nitrogens is 4. The molecule has 0 aliphatic heterocycles. The maximum absolute atomic E-state index is 12.1. The van der Waals surface area contributed by atoms with Crippen LogP contribution in [0.15, 0.2) is 41.5 Å².